The van der Waals surface area contributed by atoms with Gasteiger partial charge in [-0.1, -0.05) is 31.9 Å². The number of esters is 2. The minimum atomic E-state index is -1.10. The van der Waals surface area contributed by atoms with Crippen LogP contribution >= 0.6 is 0 Å². The fourth-order valence-corrected chi connectivity index (χ4v) is 4.30. The predicted octanol–water partition coefficient (Wildman–Crippen LogP) is 3.11. The van der Waals surface area contributed by atoms with Gasteiger partial charge in [0.15, 0.2) is 5.41 Å². The van der Waals surface area contributed by atoms with Gasteiger partial charge in [0.2, 0.25) is 0 Å². The molecule has 21 heavy (non-hydrogen) atoms. The molecule has 4 nitrogen and oxygen atoms in total. The summed E-state index contributed by atoms with van der Waals surface area (Å²) < 4.78 is 10.00. The van der Waals surface area contributed by atoms with E-state index in [0.717, 1.165) is 32.1 Å². The average Bonchev–Trinajstić information content (AvgIpc) is 2.87. The monoisotopic (exact) mass is 294 g/mol. The number of ether oxygens (including phenoxy) is 2. The second kappa shape index (κ2) is 6.63. The maximum absolute atomic E-state index is 12.5. The Bertz CT molecular complexity index is 411. The summed E-state index contributed by atoms with van der Waals surface area (Å²) in [6.07, 6.45) is 10.0. The summed E-state index contributed by atoms with van der Waals surface area (Å²) in [5, 5.41) is 0. The number of fused-ring (bicyclic) bond motifs is 1. The van der Waals surface area contributed by atoms with Gasteiger partial charge in [-0.25, -0.2) is 0 Å². The number of carbonyl (C=O) groups is 2. The van der Waals surface area contributed by atoms with Crippen LogP contribution in [0.5, 0.6) is 0 Å². The van der Waals surface area contributed by atoms with E-state index in [1.165, 1.54) is 14.2 Å². The van der Waals surface area contributed by atoms with E-state index in [1.54, 1.807) is 0 Å². The van der Waals surface area contributed by atoms with Gasteiger partial charge in [0.25, 0.3) is 0 Å². The second-order valence-corrected chi connectivity index (χ2v) is 6.25. The second-order valence-electron chi connectivity index (χ2n) is 6.25. The summed E-state index contributed by atoms with van der Waals surface area (Å²) >= 11 is 0. The summed E-state index contributed by atoms with van der Waals surface area (Å²) in [5.74, 6) is -0.158. The molecule has 0 saturated heterocycles. The number of hydrogen-bond acceptors (Lipinski definition) is 4. The van der Waals surface area contributed by atoms with Crippen molar-refractivity contribution in [3.63, 3.8) is 0 Å². The van der Waals surface area contributed by atoms with Crippen LogP contribution < -0.4 is 0 Å². The van der Waals surface area contributed by atoms with E-state index >= 15 is 0 Å². The molecule has 2 unspecified atom stereocenters. The zero-order valence-electron chi connectivity index (χ0n) is 13.3. The van der Waals surface area contributed by atoms with E-state index in [4.69, 9.17) is 9.47 Å². The van der Waals surface area contributed by atoms with Crippen LogP contribution in [0, 0.1) is 23.2 Å². The maximum Gasteiger partial charge on any atom is 0.323 e. The van der Waals surface area contributed by atoms with Crippen LogP contribution in [-0.4, -0.2) is 26.2 Å². The molecule has 0 bridgehead atoms. The number of hydrogen-bond donors (Lipinski definition) is 0. The summed E-state index contributed by atoms with van der Waals surface area (Å²) in [4.78, 5) is 24.9. The lowest BCUT2D eigenvalue weighted by Gasteiger charge is -2.33. The van der Waals surface area contributed by atoms with Crippen LogP contribution in [0.4, 0.5) is 0 Å². The quantitative estimate of drug-likeness (QED) is 0.444. The first kappa shape index (κ1) is 16.1. The molecule has 0 heterocycles. The van der Waals surface area contributed by atoms with Crippen molar-refractivity contribution in [1.82, 2.24) is 0 Å². The average molecular weight is 294 g/mol. The lowest BCUT2D eigenvalue weighted by Crippen LogP contribution is -2.45. The Hall–Kier alpha value is -1.32. The molecule has 2 aliphatic rings. The molecule has 0 radical (unpaired) electrons. The van der Waals surface area contributed by atoms with Gasteiger partial charge < -0.3 is 9.47 Å². The third kappa shape index (κ3) is 2.60. The van der Waals surface area contributed by atoms with Gasteiger partial charge in [0.1, 0.15) is 0 Å². The standard InChI is InChI=1S/C17H26O4/c1-4-5-8-12-11-17(15(18)20-2,16(19)21-3)14-10-7-6-9-13(12)14/h6,9,12-14H,4-5,7-8,10-11H2,1-3H3/t12-,13?,14?/m0/s1. The molecule has 0 aromatic heterocycles. The van der Waals surface area contributed by atoms with E-state index < -0.39 is 17.4 Å². The molecule has 3 atom stereocenters. The maximum atomic E-state index is 12.5. The lowest BCUT2D eigenvalue weighted by molar-refractivity contribution is -0.173. The van der Waals surface area contributed by atoms with Crippen molar-refractivity contribution in [3.8, 4) is 0 Å². The third-order valence-corrected chi connectivity index (χ3v) is 5.26. The molecule has 0 aromatic rings. The van der Waals surface area contributed by atoms with Crippen LogP contribution in [0.3, 0.4) is 0 Å². The Kier molecular flexibility index (Phi) is 5.07. The topological polar surface area (TPSA) is 52.6 Å². The van der Waals surface area contributed by atoms with Crippen LogP contribution in [0.25, 0.3) is 0 Å². The largest absolute Gasteiger partial charge is 0.468 e. The van der Waals surface area contributed by atoms with E-state index in [-0.39, 0.29) is 5.92 Å². The first-order chi connectivity index (χ1) is 10.1. The molecular formula is C17H26O4. The fraction of sp³-hybridized carbons (Fsp3) is 0.765. The Morgan fingerprint density at radius 2 is 1.90 bits per heavy atom. The number of methoxy groups -OCH3 is 2. The summed E-state index contributed by atoms with van der Waals surface area (Å²) in [6, 6.07) is 0. The molecule has 2 rings (SSSR count). The molecule has 4 heteroatoms. The Balaban J connectivity index is 2.37. The molecule has 0 amide bonds. The van der Waals surface area contributed by atoms with E-state index in [2.05, 4.69) is 19.1 Å². The van der Waals surface area contributed by atoms with Gasteiger partial charge in [0, 0.05) is 0 Å². The number of carbonyl (C=O) groups excluding carboxylic acids is 2. The minimum Gasteiger partial charge on any atom is -0.468 e. The highest BCUT2D eigenvalue weighted by Gasteiger charge is 2.62. The third-order valence-electron chi connectivity index (χ3n) is 5.26. The smallest absolute Gasteiger partial charge is 0.323 e. The van der Waals surface area contributed by atoms with Crippen molar-refractivity contribution < 1.29 is 19.1 Å². The van der Waals surface area contributed by atoms with Crippen molar-refractivity contribution in [2.75, 3.05) is 14.2 Å². The first-order valence-corrected chi connectivity index (χ1v) is 7.95. The highest BCUT2D eigenvalue weighted by Crippen LogP contribution is 2.56. The summed E-state index contributed by atoms with van der Waals surface area (Å²) in [7, 11) is 2.72. The predicted molar refractivity (Wildman–Crippen MR) is 79.5 cm³/mol. The van der Waals surface area contributed by atoms with Gasteiger partial charge in [0.05, 0.1) is 14.2 Å². The first-order valence-electron chi connectivity index (χ1n) is 7.95. The lowest BCUT2D eigenvalue weighted by atomic mass is 9.71. The van der Waals surface area contributed by atoms with Crippen molar-refractivity contribution >= 4 is 11.9 Å². The van der Waals surface area contributed by atoms with Crippen LogP contribution in [0.15, 0.2) is 12.2 Å². The number of unbranched alkanes of at least 4 members (excludes halogenated alkanes) is 1. The van der Waals surface area contributed by atoms with Crippen molar-refractivity contribution in [3.05, 3.63) is 12.2 Å². The zero-order chi connectivity index (χ0) is 15.5. The molecule has 0 aliphatic heterocycles. The molecule has 0 spiro atoms. The van der Waals surface area contributed by atoms with Crippen LogP contribution in [-0.2, 0) is 19.1 Å². The highest BCUT2D eigenvalue weighted by molar-refractivity contribution is 6.01. The number of rotatable bonds is 5. The van der Waals surface area contributed by atoms with Gasteiger partial charge in [-0.05, 0) is 43.4 Å². The summed E-state index contributed by atoms with van der Waals surface area (Å²) in [6.45, 7) is 2.16. The normalized spacial score (nSPS) is 29.8. The molecule has 1 fully saturated rings. The fourth-order valence-electron chi connectivity index (χ4n) is 4.30. The Labute approximate surface area is 126 Å². The number of allylic oxidation sites excluding steroid dienone is 2. The SMILES string of the molecule is CCCC[C@H]1CC(C(=O)OC)(C(=O)OC)C2CCC=CC21. The van der Waals surface area contributed by atoms with E-state index in [0.29, 0.717) is 18.3 Å². The summed E-state index contributed by atoms with van der Waals surface area (Å²) in [5.41, 5.74) is -1.10. The van der Waals surface area contributed by atoms with Gasteiger partial charge >= 0.3 is 11.9 Å². The van der Waals surface area contributed by atoms with Crippen molar-refractivity contribution in [2.45, 2.75) is 45.4 Å². The van der Waals surface area contributed by atoms with E-state index in [9.17, 15) is 9.59 Å². The zero-order valence-corrected chi connectivity index (χ0v) is 13.3. The van der Waals surface area contributed by atoms with Gasteiger partial charge in [-0.2, -0.15) is 0 Å². The van der Waals surface area contributed by atoms with Crippen LogP contribution in [0.2, 0.25) is 0 Å². The minimum absolute atomic E-state index is 0.0178. The van der Waals surface area contributed by atoms with Gasteiger partial charge in [-0.15, -0.1) is 0 Å². The van der Waals surface area contributed by atoms with Crippen LogP contribution in [0.1, 0.15) is 45.4 Å². The Morgan fingerprint density at radius 3 is 2.48 bits per heavy atom. The molecule has 0 aromatic carbocycles. The molecule has 118 valence electrons. The molecular weight excluding hydrogens is 268 g/mol. The molecule has 0 N–H and O–H groups in total. The molecule has 2 aliphatic carbocycles. The molecule has 1 saturated carbocycles. The van der Waals surface area contributed by atoms with Crippen molar-refractivity contribution in [1.29, 1.82) is 0 Å². The van der Waals surface area contributed by atoms with Crippen molar-refractivity contribution in [2.24, 2.45) is 23.2 Å². The highest BCUT2D eigenvalue weighted by atomic mass is 16.5. The van der Waals surface area contributed by atoms with Gasteiger partial charge in [-0.3, -0.25) is 9.59 Å². The van der Waals surface area contributed by atoms with E-state index in [1.807, 2.05) is 0 Å². The Morgan fingerprint density at radius 1 is 1.24 bits per heavy atom.